The first kappa shape index (κ1) is 18.8. The predicted octanol–water partition coefficient (Wildman–Crippen LogP) is 1.56. The average molecular weight is 350 g/mol. The quantitative estimate of drug-likeness (QED) is 0.643. The number of aryl methyl sites for hydroxylation is 1. The highest BCUT2D eigenvalue weighted by Gasteiger charge is 2.37. The third-order valence-electron chi connectivity index (χ3n) is 3.73. The monoisotopic (exact) mass is 349 g/mol. The molecule has 0 bridgehead atoms. The minimum absolute atomic E-state index is 0. The Kier molecular flexibility index (Phi) is 6.30. The summed E-state index contributed by atoms with van der Waals surface area (Å²) in [4.78, 5) is 10.3. The second-order valence-corrected chi connectivity index (χ2v) is 7.13. The normalized spacial score (nSPS) is 18.9. The van der Waals surface area contributed by atoms with Gasteiger partial charge >= 0.3 is 0 Å². The molecule has 2 rings (SSSR count). The van der Waals surface area contributed by atoms with E-state index in [-0.39, 0.29) is 28.9 Å². The van der Waals surface area contributed by atoms with Crippen LogP contribution in [0.3, 0.4) is 0 Å². The number of rotatable bonds is 5. The fourth-order valence-corrected chi connectivity index (χ4v) is 4.61. The van der Waals surface area contributed by atoms with Crippen molar-refractivity contribution in [2.24, 2.45) is 5.92 Å². The summed E-state index contributed by atoms with van der Waals surface area (Å²) in [6.07, 6.45) is 0.764. The molecule has 9 heteroatoms. The van der Waals surface area contributed by atoms with Crippen LogP contribution in [-0.2, 0) is 10.0 Å². The molecule has 1 fully saturated rings. The zero-order chi connectivity index (χ0) is 15.6. The van der Waals surface area contributed by atoms with Gasteiger partial charge in [0.1, 0.15) is 0 Å². The summed E-state index contributed by atoms with van der Waals surface area (Å²) in [5, 5.41) is 14.1. The second kappa shape index (κ2) is 7.36. The number of halogens is 1. The van der Waals surface area contributed by atoms with Crippen LogP contribution in [0.1, 0.15) is 12.0 Å². The number of nitro groups is 1. The van der Waals surface area contributed by atoms with E-state index in [1.54, 1.807) is 13.0 Å². The third kappa shape index (κ3) is 3.57. The summed E-state index contributed by atoms with van der Waals surface area (Å²) < 4.78 is 26.8. The van der Waals surface area contributed by atoms with Crippen molar-refractivity contribution in [1.82, 2.24) is 9.62 Å². The molecule has 0 radical (unpaired) electrons. The van der Waals surface area contributed by atoms with E-state index >= 15 is 0 Å². The number of nitrogens with one attached hydrogen (secondary N) is 1. The third-order valence-corrected chi connectivity index (χ3v) is 5.79. The Morgan fingerprint density at radius 2 is 2.14 bits per heavy atom. The SMILES string of the molecule is CNCC1CCN(S(=O)(=O)c2c(C)cccc2[N+](=O)[O-])C1.Cl. The van der Waals surface area contributed by atoms with Gasteiger partial charge in [-0.1, -0.05) is 12.1 Å². The van der Waals surface area contributed by atoms with Crippen LogP contribution >= 0.6 is 12.4 Å². The molecule has 0 aliphatic carbocycles. The van der Waals surface area contributed by atoms with Crippen molar-refractivity contribution in [2.45, 2.75) is 18.2 Å². The molecule has 1 aliphatic heterocycles. The van der Waals surface area contributed by atoms with Crippen LogP contribution in [0, 0.1) is 23.0 Å². The summed E-state index contributed by atoms with van der Waals surface area (Å²) >= 11 is 0. The maximum absolute atomic E-state index is 12.7. The van der Waals surface area contributed by atoms with Gasteiger partial charge in [0, 0.05) is 19.2 Å². The van der Waals surface area contributed by atoms with Crippen molar-refractivity contribution in [1.29, 1.82) is 0 Å². The summed E-state index contributed by atoms with van der Waals surface area (Å²) in [5.41, 5.74) is 0.0494. The maximum atomic E-state index is 12.7. The van der Waals surface area contributed by atoms with E-state index in [1.807, 2.05) is 7.05 Å². The molecule has 0 amide bonds. The lowest BCUT2D eigenvalue weighted by molar-refractivity contribution is -0.387. The molecule has 1 aliphatic rings. The first-order valence-corrected chi connectivity index (χ1v) is 8.20. The Morgan fingerprint density at radius 1 is 1.45 bits per heavy atom. The fraction of sp³-hybridized carbons (Fsp3) is 0.538. The number of hydrogen-bond acceptors (Lipinski definition) is 5. The van der Waals surface area contributed by atoms with Crippen molar-refractivity contribution >= 4 is 28.1 Å². The Labute approximate surface area is 136 Å². The molecule has 1 aromatic rings. The molecule has 0 spiro atoms. The van der Waals surface area contributed by atoms with Gasteiger partial charge in [0.25, 0.3) is 5.69 Å². The molecule has 0 aromatic heterocycles. The van der Waals surface area contributed by atoms with E-state index in [2.05, 4.69) is 5.32 Å². The lowest BCUT2D eigenvalue weighted by atomic mass is 10.1. The standard InChI is InChI=1S/C13H19N3O4S.ClH/c1-10-4-3-5-12(16(17)18)13(10)21(19,20)15-7-6-11(9-15)8-14-2;/h3-5,11,14H,6-9H2,1-2H3;1H. The van der Waals surface area contributed by atoms with E-state index in [4.69, 9.17) is 0 Å². The molecule has 22 heavy (non-hydrogen) atoms. The minimum Gasteiger partial charge on any atom is -0.319 e. The number of sulfonamides is 1. The van der Waals surface area contributed by atoms with Gasteiger partial charge < -0.3 is 5.32 Å². The van der Waals surface area contributed by atoms with Crippen molar-refractivity contribution in [3.63, 3.8) is 0 Å². The molecule has 1 heterocycles. The first-order valence-electron chi connectivity index (χ1n) is 6.76. The van der Waals surface area contributed by atoms with E-state index < -0.39 is 14.9 Å². The predicted molar refractivity (Wildman–Crippen MR) is 85.9 cm³/mol. The van der Waals surface area contributed by atoms with Gasteiger partial charge in [0.15, 0.2) is 4.90 Å². The van der Waals surface area contributed by atoms with Gasteiger partial charge in [0.05, 0.1) is 4.92 Å². The summed E-state index contributed by atoms with van der Waals surface area (Å²) in [6, 6.07) is 4.32. The van der Waals surface area contributed by atoms with Gasteiger partial charge in [-0.25, -0.2) is 8.42 Å². The highest BCUT2D eigenvalue weighted by Crippen LogP contribution is 2.32. The summed E-state index contributed by atoms with van der Waals surface area (Å²) in [6.45, 7) is 3.12. The molecule has 1 atom stereocenters. The van der Waals surface area contributed by atoms with E-state index in [9.17, 15) is 18.5 Å². The molecular weight excluding hydrogens is 330 g/mol. The molecule has 1 N–H and O–H groups in total. The van der Waals surface area contributed by atoms with E-state index in [0.717, 1.165) is 13.0 Å². The van der Waals surface area contributed by atoms with Crippen LogP contribution in [0.25, 0.3) is 0 Å². The molecular formula is C13H20ClN3O4S. The highest BCUT2D eigenvalue weighted by molar-refractivity contribution is 7.89. The molecule has 1 unspecified atom stereocenters. The van der Waals surface area contributed by atoms with Gasteiger partial charge in [-0.3, -0.25) is 10.1 Å². The van der Waals surface area contributed by atoms with E-state index in [1.165, 1.54) is 16.4 Å². The van der Waals surface area contributed by atoms with Crippen LogP contribution in [0.2, 0.25) is 0 Å². The number of benzene rings is 1. The van der Waals surface area contributed by atoms with Gasteiger partial charge in [-0.2, -0.15) is 4.31 Å². The summed E-state index contributed by atoms with van der Waals surface area (Å²) in [5.74, 6) is 0.243. The number of nitro benzene ring substituents is 1. The summed E-state index contributed by atoms with van der Waals surface area (Å²) in [7, 11) is -2.01. The van der Waals surface area contributed by atoms with Crippen LogP contribution in [0.4, 0.5) is 5.69 Å². The Bertz CT molecular complexity index is 651. The zero-order valence-corrected chi connectivity index (χ0v) is 14.1. The number of hydrogen-bond donors (Lipinski definition) is 1. The highest BCUT2D eigenvalue weighted by atomic mass is 35.5. The van der Waals surface area contributed by atoms with Crippen LogP contribution in [0.15, 0.2) is 23.1 Å². The molecule has 124 valence electrons. The van der Waals surface area contributed by atoms with Crippen molar-refractivity contribution in [2.75, 3.05) is 26.7 Å². The van der Waals surface area contributed by atoms with E-state index in [0.29, 0.717) is 18.7 Å². The van der Waals surface area contributed by atoms with Crippen molar-refractivity contribution < 1.29 is 13.3 Å². The topological polar surface area (TPSA) is 92.6 Å². The lowest BCUT2D eigenvalue weighted by Crippen LogP contribution is -2.31. The molecule has 0 saturated carbocycles. The first-order chi connectivity index (χ1) is 9.87. The van der Waals surface area contributed by atoms with Crippen molar-refractivity contribution in [3.05, 3.63) is 33.9 Å². The Balaban J connectivity index is 0.00000242. The Hall–Kier alpha value is -1.22. The van der Waals surface area contributed by atoms with Gasteiger partial charge in [0.2, 0.25) is 10.0 Å². The fourth-order valence-electron chi connectivity index (χ4n) is 2.72. The second-order valence-electron chi connectivity index (χ2n) is 5.26. The van der Waals surface area contributed by atoms with Crippen molar-refractivity contribution in [3.8, 4) is 0 Å². The number of nitrogens with zero attached hydrogens (tertiary/aromatic N) is 2. The largest absolute Gasteiger partial charge is 0.319 e. The molecule has 1 aromatic carbocycles. The molecule has 7 nitrogen and oxygen atoms in total. The van der Waals surface area contributed by atoms with Crippen LogP contribution in [-0.4, -0.2) is 44.3 Å². The smallest absolute Gasteiger partial charge is 0.289 e. The van der Waals surface area contributed by atoms with Gasteiger partial charge in [-0.05, 0) is 38.4 Å². The maximum Gasteiger partial charge on any atom is 0.289 e. The lowest BCUT2D eigenvalue weighted by Gasteiger charge is -2.18. The average Bonchev–Trinajstić information content (AvgIpc) is 2.88. The van der Waals surface area contributed by atoms with Crippen LogP contribution in [0.5, 0.6) is 0 Å². The van der Waals surface area contributed by atoms with Gasteiger partial charge in [-0.15, -0.1) is 12.4 Å². The van der Waals surface area contributed by atoms with Crippen LogP contribution < -0.4 is 5.32 Å². The Morgan fingerprint density at radius 3 is 2.73 bits per heavy atom. The minimum atomic E-state index is -3.83. The molecule has 1 saturated heterocycles. The zero-order valence-electron chi connectivity index (χ0n) is 12.5.